The SMILES string of the molecule is CN(C)C(=O)C1(F)CCN(C(=N)N)CC1. The molecule has 0 saturated carbocycles. The summed E-state index contributed by atoms with van der Waals surface area (Å²) in [5, 5.41) is 7.20. The summed E-state index contributed by atoms with van der Waals surface area (Å²) in [4.78, 5) is 14.4. The molecule has 1 heterocycles. The highest BCUT2D eigenvalue weighted by Crippen LogP contribution is 2.27. The molecule has 1 amide bonds. The van der Waals surface area contributed by atoms with Crippen LogP contribution in [0.4, 0.5) is 4.39 Å². The van der Waals surface area contributed by atoms with Gasteiger partial charge in [0.25, 0.3) is 5.91 Å². The summed E-state index contributed by atoms with van der Waals surface area (Å²) in [6.07, 6.45) is 0.202. The Labute approximate surface area is 88.5 Å². The summed E-state index contributed by atoms with van der Waals surface area (Å²) in [6, 6.07) is 0. The number of alkyl halides is 1. The highest BCUT2D eigenvalue weighted by atomic mass is 19.1. The number of guanidine groups is 1. The number of piperidine rings is 1. The van der Waals surface area contributed by atoms with Gasteiger partial charge in [-0.3, -0.25) is 10.2 Å². The molecule has 1 aliphatic rings. The van der Waals surface area contributed by atoms with Gasteiger partial charge in [-0.05, 0) is 0 Å². The molecule has 6 heteroatoms. The van der Waals surface area contributed by atoms with Crippen LogP contribution in [0.3, 0.4) is 0 Å². The van der Waals surface area contributed by atoms with E-state index in [1.165, 1.54) is 4.90 Å². The summed E-state index contributed by atoms with van der Waals surface area (Å²) >= 11 is 0. The third kappa shape index (κ3) is 2.37. The maximum absolute atomic E-state index is 14.1. The van der Waals surface area contributed by atoms with E-state index in [1.807, 2.05) is 0 Å². The molecule has 0 aromatic rings. The number of carbonyl (C=O) groups excluding carboxylic acids is 1. The summed E-state index contributed by atoms with van der Waals surface area (Å²) in [5.41, 5.74) is 3.50. The van der Waals surface area contributed by atoms with Crippen LogP contribution in [0.25, 0.3) is 0 Å². The summed E-state index contributed by atoms with van der Waals surface area (Å²) < 4.78 is 14.1. The van der Waals surface area contributed by atoms with Crippen LogP contribution in [0.2, 0.25) is 0 Å². The average molecular weight is 216 g/mol. The third-order valence-corrected chi connectivity index (χ3v) is 2.69. The van der Waals surface area contributed by atoms with E-state index in [-0.39, 0.29) is 18.8 Å². The molecule has 1 aliphatic heterocycles. The Morgan fingerprint density at radius 3 is 2.27 bits per heavy atom. The average Bonchev–Trinajstić information content (AvgIpc) is 2.17. The Kier molecular flexibility index (Phi) is 3.16. The Morgan fingerprint density at radius 1 is 1.47 bits per heavy atom. The topological polar surface area (TPSA) is 73.4 Å². The van der Waals surface area contributed by atoms with Crippen LogP contribution in [0.15, 0.2) is 0 Å². The van der Waals surface area contributed by atoms with Crippen molar-refractivity contribution in [3.8, 4) is 0 Å². The second-order valence-electron chi connectivity index (χ2n) is 4.04. The van der Waals surface area contributed by atoms with Gasteiger partial charge in [0.2, 0.25) is 0 Å². The van der Waals surface area contributed by atoms with E-state index in [4.69, 9.17) is 11.1 Å². The fraction of sp³-hybridized carbons (Fsp3) is 0.778. The van der Waals surface area contributed by atoms with Crippen molar-refractivity contribution in [3.63, 3.8) is 0 Å². The van der Waals surface area contributed by atoms with Crippen molar-refractivity contribution in [2.75, 3.05) is 27.2 Å². The first kappa shape index (κ1) is 11.7. The van der Waals surface area contributed by atoms with Crippen LogP contribution in [0, 0.1) is 5.41 Å². The number of halogens is 1. The van der Waals surface area contributed by atoms with Gasteiger partial charge >= 0.3 is 0 Å². The van der Waals surface area contributed by atoms with Gasteiger partial charge in [-0.25, -0.2) is 4.39 Å². The number of likely N-dealkylation sites (tertiary alicyclic amines) is 1. The Hall–Kier alpha value is -1.33. The van der Waals surface area contributed by atoms with E-state index >= 15 is 0 Å². The minimum Gasteiger partial charge on any atom is -0.370 e. The van der Waals surface area contributed by atoms with Gasteiger partial charge in [0, 0.05) is 40.0 Å². The van der Waals surface area contributed by atoms with Crippen molar-refractivity contribution in [3.05, 3.63) is 0 Å². The van der Waals surface area contributed by atoms with E-state index in [0.717, 1.165) is 0 Å². The molecule has 1 saturated heterocycles. The van der Waals surface area contributed by atoms with E-state index < -0.39 is 11.6 Å². The zero-order chi connectivity index (χ0) is 11.6. The minimum absolute atomic E-state index is 0.0608. The quantitative estimate of drug-likeness (QED) is 0.470. The predicted molar refractivity (Wildman–Crippen MR) is 55.3 cm³/mol. The molecule has 0 aliphatic carbocycles. The molecule has 0 aromatic heterocycles. The van der Waals surface area contributed by atoms with Crippen LogP contribution in [-0.2, 0) is 4.79 Å². The summed E-state index contributed by atoms with van der Waals surface area (Å²) in [7, 11) is 3.09. The van der Waals surface area contributed by atoms with Gasteiger partial charge < -0.3 is 15.5 Å². The van der Waals surface area contributed by atoms with Crippen LogP contribution in [0.1, 0.15) is 12.8 Å². The number of nitrogens with one attached hydrogen (secondary N) is 1. The zero-order valence-corrected chi connectivity index (χ0v) is 9.09. The number of amides is 1. The lowest BCUT2D eigenvalue weighted by molar-refractivity contribution is -0.144. The van der Waals surface area contributed by atoms with Crippen molar-refractivity contribution >= 4 is 11.9 Å². The van der Waals surface area contributed by atoms with Crippen molar-refractivity contribution in [1.82, 2.24) is 9.80 Å². The van der Waals surface area contributed by atoms with Crippen LogP contribution in [0.5, 0.6) is 0 Å². The number of hydrogen-bond donors (Lipinski definition) is 2. The molecule has 0 radical (unpaired) electrons. The highest BCUT2D eigenvalue weighted by molar-refractivity contribution is 5.85. The molecular weight excluding hydrogens is 199 g/mol. The van der Waals surface area contributed by atoms with Crippen LogP contribution >= 0.6 is 0 Å². The molecule has 15 heavy (non-hydrogen) atoms. The predicted octanol–water partition coefficient (Wildman–Crippen LogP) is -0.228. The van der Waals surface area contributed by atoms with Gasteiger partial charge in [-0.2, -0.15) is 0 Å². The molecule has 0 spiro atoms. The fourth-order valence-corrected chi connectivity index (χ4v) is 1.72. The third-order valence-electron chi connectivity index (χ3n) is 2.69. The second-order valence-corrected chi connectivity index (χ2v) is 4.04. The zero-order valence-electron chi connectivity index (χ0n) is 9.09. The maximum atomic E-state index is 14.1. The molecule has 1 fully saturated rings. The summed E-state index contributed by atoms with van der Waals surface area (Å²) in [6.45, 7) is 0.650. The van der Waals surface area contributed by atoms with Crippen molar-refractivity contribution in [1.29, 1.82) is 5.41 Å². The van der Waals surface area contributed by atoms with Crippen molar-refractivity contribution in [2.24, 2.45) is 5.73 Å². The monoisotopic (exact) mass is 216 g/mol. The van der Waals surface area contributed by atoms with Crippen molar-refractivity contribution < 1.29 is 9.18 Å². The van der Waals surface area contributed by atoms with Gasteiger partial charge in [0.1, 0.15) is 0 Å². The van der Waals surface area contributed by atoms with E-state index in [2.05, 4.69) is 0 Å². The number of hydrogen-bond acceptors (Lipinski definition) is 2. The van der Waals surface area contributed by atoms with E-state index in [0.29, 0.717) is 13.1 Å². The van der Waals surface area contributed by atoms with Gasteiger partial charge in [0.15, 0.2) is 11.6 Å². The highest BCUT2D eigenvalue weighted by Gasteiger charge is 2.42. The van der Waals surface area contributed by atoms with Crippen molar-refractivity contribution in [2.45, 2.75) is 18.5 Å². The van der Waals surface area contributed by atoms with Crippen LogP contribution in [-0.4, -0.2) is 54.5 Å². The first-order chi connectivity index (χ1) is 6.87. The Bertz CT molecular complexity index is 271. The standard InChI is InChI=1S/C9H17FN4O/c1-13(2)7(15)9(10)3-5-14(6-4-9)8(11)12/h3-6H2,1-2H3,(H3,11,12). The minimum atomic E-state index is -1.78. The van der Waals surface area contributed by atoms with E-state index in [1.54, 1.807) is 19.0 Å². The lowest BCUT2D eigenvalue weighted by Crippen LogP contribution is -2.53. The first-order valence-corrected chi connectivity index (χ1v) is 4.86. The smallest absolute Gasteiger partial charge is 0.259 e. The lowest BCUT2D eigenvalue weighted by atomic mass is 9.92. The van der Waals surface area contributed by atoms with E-state index in [9.17, 15) is 9.18 Å². The number of nitrogens with two attached hydrogens (primary N) is 1. The molecular formula is C9H17FN4O. The van der Waals surface area contributed by atoms with Gasteiger partial charge in [-0.1, -0.05) is 0 Å². The largest absolute Gasteiger partial charge is 0.370 e. The Balaban J connectivity index is 2.62. The van der Waals surface area contributed by atoms with Gasteiger partial charge in [-0.15, -0.1) is 0 Å². The summed E-state index contributed by atoms with van der Waals surface area (Å²) in [5.74, 6) is -0.556. The molecule has 0 atom stereocenters. The number of carbonyl (C=O) groups is 1. The molecule has 5 nitrogen and oxygen atoms in total. The lowest BCUT2D eigenvalue weighted by Gasteiger charge is -2.36. The number of rotatable bonds is 1. The second kappa shape index (κ2) is 4.04. The molecule has 86 valence electrons. The molecule has 0 unspecified atom stereocenters. The fourth-order valence-electron chi connectivity index (χ4n) is 1.72. The molecule has 0 bridgehead atoms. The van der Waals surface area contributed by atoms with Gasteiger partial charge in [0.05, 0.1) is 0 Å². The van der Waals surface area contributed by atoms with Crippen LogP contribution < -0.4 is 5.73 Å². The maximum Gasteiger partial charge on any atom is 0.259 e. The molecule has 1 rings (SSSR count). The molecule has 0 aromatic carbocycles. The number of nitrogens with zero attached hydrogens (tertiary/aromatic N) is 2. The Morgan fingerprint density at radius 2 is 1.93 bits per heavy atom. The molecule has 3 N–H and O–H groups in total. The first-order valence-electron chi connectivity index (χ1n) is 4.86. The normalized spacial score (nSPS) is 19.8.